The lowest BCUT2D eigenvalue weighted by Gasteiger charge is -2.52. The zero-order valence-electron chi connectivity index (χ0n) is 14.2. The van der Waals surface area contributed by atoms with Gasteiger partial charge in [0.1, 0.15) is 5.75 Å². The van der Waals surface area contributed by atoms with Gasteiger partial charge in [-0.3, -0.25) is 4.90 Å². The summed E-state index contributed by atoms with van der Waals surface area (Å²) in [5, 5.41) is 4.22. The molecule has 2 aliphatic heterocycles. The van der Waals surface area contributed by atoms with Gasteiger partial charge < -0.3 is 10.1 Å². The Balaban J connectivity index is 1.74. The van der Waals surface area contributed by atoms with E-state index < -0.39 is 5.72 Å². The van der Waals surface area contributed by atoms with Crippen LogP contribution in [0.5, 0.6) is 5.75 Å². The molecule has 2 atom stereocenters. The molecular formula is C20H22N2OS. The first-order chi connectivity index (χ1) is 11.5. The largest absolute Gasteiger partial charge is 0.467 e. The van der Waals surface area contributed by atoms with E-state index in [9.17, 15) is 0 Å². The molecule has 2 heterocycles. The summed E-state index contributed by atoms with van der Waals surface area (Å²) in [4.78, 5) is 2.11. The van der Waals surface area contributed by atoms with Crippen molar-refractivity contribution >= 4 is 23.0 Å². The fraction of sp³-hybridized carbons (Fsp3) is 0.350. The number of anilines is 1. The third kappa shape index (κ3) is 2.37. The molecule has 4 rings (SSSR count). The predicted molar refractivity (Wildman–Crippen MR) is 102 cm³/mol. The van der Waals surface area contributed by atoms with Crippen LogP contribution < -0.4 is 15.0 Å². The van der Waals surface area contributed by atoms with E-state index in [1.807, 2.05) is 18.2 Å². The van der Waals surface area contributed by atoms with Crippen molar-refractivity contribution in [3.63, 3.8) is 0 Å². The molecule has 24 heavy (non-hydrogen) atoms. The molecule has 124 valence electrons. The molecule has 1 N–H and O–H groups in total. The lowest BCUT2D eigenvalue weighted by molar-refractivity contribution is 0.0498. The molecule has 4 heteroatoms. The molecule has 0 aliphatic carbocycles. The fourth-order valence-corrected chi connectivity index (χ4v) is 4.16. The van der Waals surface area contributed by atoms with Crippen LogP contribution in [0, 0.1) is 0 Å². The van der Waals surface area contributed by atoms with Crippen molar-refractivity contribution in [2.75, 3.05) is 4.90 Å². The highest BCUT2D eigenvalue weighted by Crippen LogP contribution is 2.45. The molecule has 1 saturated heterocycles. The van der Waals surface area contributed by atoms with Crippen molar-refractivity contribution in [2.24, 2.45) is 0 Å². The molecule has 0 radical (unpaired) electrons. The summed E-state index contributed by atoms with van der Waals surface area (Å²) in [6, 6.07) is 17.0. The van der Waals surface area contributed by atoms with E-state index in [1.165, 1.54) is 11.1 Å². The molecule has 1 fully saturated rings. The Hall–Kier alpha value is -2.07. The maximum absolute atomic E-state index is 6.40. The van der Waals surface area contributed by atoms with Crippen molar-refractivity contribution < 1.29 is 4.74 Å². The van der Waals surface area contributed by atoms with Crippen LogP contribution in [-0.4, -0.2) is 10.8 Å². The second kappa shape index (κ2) is 5.49. The molecular weight excluding hydrogens is 316 g/mol. The van der Waals surface area contributed by atoms with Crippen LogP contribution in [0.1, 0.15) is 50.3 Å². The van der Waals surface area contributed by atoms with Gasteiger partial charge in [0.25, 0.3) is 0 Å². The third-order valence-electron chi connectivity index (χ3n) is 5.00. The summed E-state index contributed by atoms with van der Waals surface area (Å²) in [7, 11) is 0. The minimum absolute atomic E-state index is 0.207. The first-order valence-corrected chi connectivity index (χ1v) is 8.87. The molecule has 2 aromatic carbocycles. The van der Waals surface area contributed by atoms with E-state index in [0.717, 1.165) is 23.0 Å². The molecule has 2 bridgehead atoms. The van der Waals surface area contributed by atoms with E-state index >= 15 is 0 Å². The Bertz CT molecular complexity index is 786. The smallest absolute Gasteiger partial charge is 0.188 e. The summed E-state index contributed by atoms with van der Waals surface area (Å²) in [6.45, 7) is 6.53. The van der Waals surface area contributed by atoms with Gasteiger partial charge in [0.15, 0.2) is 10.8 Å². The van der Waals surface area contributed by atoms with Crippen LogP contribution in [0.2, 0.25) is 0 Å². The van der Waals surface area contributed by atoms with Crippen LogP contribution >= 0.6 is 12.2 Å². The van der Waals surface area contributed by atoms with Gasteiger partial charge in [0, 0.05) is 17.7 Å². The molecule has 3 nitrogen and oxygen atoms in total. The number of hydrogen-bond acceptors (Lipinski definition) is 2. The van der Waals surface area contributed by atoms with Crippen LogP contribution in [0.4, 0.5) is 5.69 Å². The lowest BCUT2D eigenvalue weighted by atomic mass is 9.90. The highest BCUT2D eigenvalue weighted by molar-refractivity contribution is 7.80. The number of rotatable bonds is 2. The predicted octanol–water partition coefficient (Wildman–Crippen LogP) is 4.74. The second-order valence-corrected chi connectivity index (χ2v) is 7.49. The highest BCUT2D eigenvalue weighted by Gasteiger charge is 2.48. The Morgan fingerprint density at radius 1 is 1.17 bits per heavy atom. The number of ether oxygens (including phenoxy) is 1. The molecule has 0 unspecified atom stereocenters. The molecule has 2 aliphatic rings. The van der Waals surface area contributed by atoms with Gasteiger partial charge >= 0.3 is 0 Å². The van der Waals surface area contributed by atoms with Crippen molar-refractivity contribution in [1.29, 1.82) is 0 Å². The third-order valence-corrected chi connectivity index (χ3v) is 5.30. The summed E-state index contributed by atoms with van der Waals surface area (Å²) in [5.74, 6) is 1.46. The van der Waals surface area contributed by atoms with Gasteiger partial charge in [-0.2, -0.15) is 0 Å². The number of nitrogens with zero attached hydrogens (tertiary/aromatic N) is 1. The van der Waals surface area contributed by atoms with Crippen molar-refractivity contribution in [3.8, 4) is 5.75 Å². The van der Waals surface area contributed by atoms with Crippen molar-refractivity contribution in [2.45, 2.75) is 44.9 Å². The SMILES string of the molecule is CC(C)c1ccc(N2C(=S)N[C@H]3C[C@@]2(C)Oc2ccccc23)cc1. The van der Waals surface area contributed by atoms with Crippen LogP contribution in [0.3, 0.4) is 0 Å². The molecule has 2 aromatic rings. The van der Waals surface area contributed by atoms with E-state index in [1.54, 1.807) is 0 Å². The van der Waals surface area contributed by atoms with Crippen LogP contribution in [0.15, 0.2) is 48.5 Å². The molecule has 0 spiro atoms. The van der Waals surface area contributed by atoms with Crippen LogP contribution in [0.25, 0.3) is 0 Å². The number of hydrogen-bond donors (Lipinski definition) is 1. The number of thiocarbonyl (C=S) groups is 1. The minimum Gasteiger partial charge on any atom is -0.467 e. The highest BCUT2D eigenvalue weighted by atomic mass is 32.1. The topological polar surface area (TPSA) is 24.5 Å². The standard InChI is InChI=1S/C20H22N2OS/c1-13(2)14-8-10-15(11-9-14)22-19(24)21-17-12-20(22,3)23-18-7-5-4-6-16(17)18/h4-11,13,17H,12H2,1-3H3,(H,21,24)/t17-,20+/m0/s1. The Morgan fingerprint density at radius 3 is 2.58 bits per heavy atom. The van der Waals surface area contributed by atoms with Gasteiger partial charge in [-0.15, -0.1) is 0 Å². The molecule has 0 saturated carbocycles. The average molecular weight is 338 g/mol. The fourth-order valence-electron chi connectivity index (χ4n) is 3.72. The van der Waals surface area contributed by atoms with E-state index in [-0.39, 0.29) is 6.04 Å². The van der Waals surface area contributed by atoms with Gasteiger partial charge in [-0.05, 0) is 48.8 Å². The quantitative estimate of drug-likeness (QED) is 0.799. The van der Waals surface area contributed by atoms with Gasteiger partial charge in [-0.25, -0.2) is 0 Å². The number of para-hydroxylation sites is 1. The lowest BCUT2D eigenvalue weighted by Crippen LogP contribution is -2.65. The zero-order valence-corrected chi connectivity index (χ0v) is 15.1. The maximum atomic E-state index is 6.40. The average Bonchev–Trinajstić information content (AvgIpc) is 2.54. The molecule has 0 amide bonds. The second-order valence-electron chi connectivity index (χ2n) is 7.10. The van der Waals surface area contributed by atoms with Gasteiger partial charge in [0.05, 0.1) is 6.04 Å². The minimum atomic E-state index is -0.472. The Labute approximate surface area is 148 Å². The summed E-state index contributed by atoms with van der Waals surface area (Å²) < 4.78 is 6.40. The summed E-state index contributed by atoms with van der Waals surface area (Å²) >= 11 is 5.68. The van der Waals surface area contributed by atoms with Gasteiger partial charge in [-0.1, -0.05) is 44.2 Å². The summed E-state index contributed by atoms with van der Waals surface area (Å²) in [5.41, 5.74) is 3.11. The van der Waals surface area contributed by atoms with Gasteiger partial charge in [0.2, 0.25) is 0 Å². The van der Waals surface area contributed by atoms with Crippen LogP contribution in [-0.2, 0) is 0 Å². The normalized spacial score (nSPS) is 25.1. The molecule has 0 aromatic heterocycles. The Kier molecular flexibility index (Phi) is 3.53. The Morgan fingerprint density at radius 2 is 1.88 bits per heavy atom. The summed E-state index contributed by atoms with van der Waals surface area (Å²) in [6.07, 6.45) is 0.857. The van der Waals surface area contributed by atoms with Crippen molar-refractivity contribution in [3.05, 3.63) is 59.7 Å². The maximum Gasteiger partial charge on any atom is 0.188 e. The van der Waals surface area contributed by atoms with E-state index in [0.29, 0.717) is 5.92 Å². The van der Waals surface area contributed by atoms with E-state index in [4.69, 9.17) is 17.0 Å². The first kappa shape index (κ1) is 15.5. The number of nitrogens with one attached hydrogen (secondary N) is 1. The van der Waals surface area contributed by atoms with Crippen molar-refractivity contribution in [1.82, 2.24) is 5.32 Å². The first-order valence-electron chi connectivity index (χ1n) is 8.46. The van der Waals surface area contributed by atoms with E-state index in [2.05, 4.69) is 61.3 Å². The monoisotopic (exact) mass is 338 g/mol. The zero-order chi connectivity index (χ0) is 16.9. The number of fused-ring (bicyclic) bond motifs is 4. The number of benzene rings is 2.